The topological polar surface area (TPSA) is 9.23 Å². The van der Waals surface area contributed by atoms with Crippen LogP contribution in [0, 0.1) is 0 Å². The summed E-state index contributed by atoms with van der Waals surface area (Å²) in [7, 11) is 1.91. The predicted molar refractivity (Wildman–Crippen MR) is 47.0 cm³/mol. The standard InChI is InChI=1S/C6H15OSSi/c1-2-7-6(9)4-3-5-8/h6,8H,2-5,9H2,1H3. The Morgan fingerprint density at radius 2 is 2.33 bits per heavy atom. The van der Waals surface area contributed by atoms with Gasteiger partial charge in [-0.25, -0.2) is 0 Å². The minimum absolute atomic E-state index is 0.446. The Morgan fingerprint density at radius 3 is 2.78 bits per heavy atom. The summed E-state index contributed by atoms with van der Waals surface area (Å²) in [6.07, 6.45) is 2.31. The maximum Gasteiger partial charge on any atom is 0.0467 e. The third-order valence-corrected chi connectivity index (χ3v) is 2.05. The molecule has 0 saturated heterocycles. The van der Waals surface area contributed by atoms with E-state index in [2.05, 4.69) is 12.6 Å². The second-order valence-corrected chi connectivity index (χ2v) is 3.30. The van der Waals surface area contributed by atoms with E-state index in [4.69, 9.17) is 4.74 Å². The van der Waals surface area contributed by atoms with Gasteiger partial charge in [-0.2, -0.15) is 12.6 Å². The maximum absolute atomic E-state index is 5.32. The Kier molecular flexibility index (Phi) is 7.03. The summed E-state index contributed by atoms with van der Waals surface area (Å²) < 4.78 is 5.32. The minimum Gasteiger partial charge on any atom is -0.383 e. The second-order valence-electron chi connectivity index (χ2n) is 1.94. The van der Waals surface area contributed by atoms with Crippen molar-refractivity contribution in [3.63, 3.8) is 0 Å². The highest BCUT2D eigenvalue weighted by Crippen LogP contribution is 1.98. The second kappa shape index (κ2) is 6.64. The van der Waals surface area contributed by atoms with Gasteiger partial charge in [-0.05, 0) is 25.5 Å². The molecule has 0 aliphatic heterocycles. The van der Waals surface area contributed by atoms with Crippen molar-refractivity contribution in [1.82, 2.24) is 0 Å². The summed E-state index contributed by atoms with van der Waals surface area (Å²) in [5.74, 6) is 0.974. The zero-order valence-electron chi connectivity index (χ0n) is 5.97. The van der Waals surface area contributed by atoms with Gasteiger partial charge < -0.3 is 4.74 Å². The van der Waals surface area contributed by atoms with Gasteiger partial charge in [-0.15, -0.1) is 0 Å². The molecule has 0 rings (SSSR count). The Balaban J connectivity index is 2.95. The molecule has 0 fully saturated rings. The van der Waals surface area contributed by atoms with E-state index in [1.807, 2.05) is 17.2 Å². The Hall–Kier alpha value is 0.527. The van der Waals surface area contributed by atoms with Crippen LogP contribution in [0.5, 0.6) is 0 Å². The summed E-state index contributed by atoms with van der Waals surface area (Å²) in [5.41, 5.74) is 0.446. The average Bonchev–Trinajstić information content (AvgIpc) is 1.85. The molecule has 0 spiro atoms. The third-order valence-electron chi connectivity index (χ3n) is 1.09. The Labute approximate surface area is 66.0 Å². The van der Waals surface area contributed by atoms with Crippen molar-refractivity contribution in [1.29, 1.82) is 0 Å². The molecule has 0 heterocycles. The molecule has 0 saturated carbocycles. The van der Waals surface area contributed by atoms with Gasteiger partial charge in [0, 0.05) is 22.6 Å². The van der Waals surface area contributed by atoms with Crippen molar-refractivity contribution in [2.24, 2.45) is 0 Å². The van der Waals surface area contributed by atoms with Gasteiger partial charge in [0.25, 0.3) is 0 Å². The van der Waals surface area contributed by atoms with Gasteiger partial charge in [-0.3, -0.25) is 0 Å². The number of rotatable bonds is 5. The van der Waals surface area contributed by atoms with Crippen molar-refractivity contribution in [3.8, 4) is 0 Å². The van der Waals surface area contributed by atoms with E-state index in [1.165, 1.54) is 0 Å². The first-order valence-electron chi connectivity index (χ1n) is 3.36. The molecule has 9 heavy (non-hydrogen) atoms. The highest BCUT2D eigenvalue weighted by Gasteiger charge is 1.97. The SMILES string of the molecule is CCOC([SiH2])CCCS. The summed E-state index contributed by atoms with van der Waals surface area (Å²) in [4.78, 5) is 0. The van der Waals surface area contributed by atoms with Gasteiger partial charge in [0.15, 0.2) is 0 Å². The molecule has 1 unspecified atom stereocenters. The molecule has 1 nitrogen and oxygen atoms in total. The van der Waals surface area contributed by atoms with E-state index in [1.54, 1.807) is 0 Å². The average molecular weight is 163 g/mol. The molecule has 1 atom stereocenters. The van der Waals surface area contributed by atoms with Crippen molar-refractivity contribution < 1.29 is 4.74 Å². The number of thiol groups is 1. The van der Waals surface area contributed by atoms with Crippen LogP contribution in [0.1, 0.15) is 19.8 Å². The number of hydrogen-bond donors (Lipinski definition) is 1. The first kappa shape index (κ1) is 9.53. The smallest absolute Gasteiger partial charge is 0.0467 e. The van der Waals surface area contributed by atoms with E-state index in [-0.39, 0.29) is 0 Å². The van der Waals surface area contributed by atoms with Gasteiger partial charge in [-0.1, -0.05) is 0 Å². The van der Waals surface area contributed by atoms with E-state index in [0.717, 1.165) is 25.2 Å². The zero-order chi connectivity index (χ0) is 7.11. The fourth-order valence-electron chi connectivity index (χ4n) is 0.638. The molecule has 55 valence electrons. The maximum atomic E-state index is 5.32. The van der Waals surface area contributed by atoms with Crippen LogP contribution in [0.25, 0.3) is 0 Å². The molecular formula is C6H15OSSi. The van der Waals surface area contributed by atoms with Crippen molar-refractivity contribution in [3.05, 3.63) is 0 Å². The molecule has 3 heteroatoms. The molecule has 0 N–H and O–H groups in total. The Bertz CT molecular complexity index is 61.0. The third kappa shape index (κ3) is 6.41. The summed E-state index contributed by atoms with van der Waals surface area (Å²) in [5, 5.41) is 0. The van der Waals surface area contributed by atoms with Crippen LogP contribution in [0.15, 0.2) is 0 Å². The van der Waals surface area contributed by atoms with Crippen LogP contribution < -0.4 is 0 Å². The fourth-order valence-corrected chi connectivity index (χ4v) is 1.34. The predicted octanol–water partition coefficient (Wildman–Crippen LogP) is 0.692. The zero-order valence-corrected chi connectivity index (χ0v) is 8.28. The van der Waals surface area contributed by atoms with E-state index < -0.39 is 0 Å². The van der Waals surface area contributed by atoms with Crippen LogP contribution in [0.2, 0.25) is 0 Å². The first-order valence-corrected chi connectivity index (χ1v) is 4.81. The molecule has 0 amide bonds. The molecular weight excluding hydrogens is 148 g/mol. The van der Waals surface area contributed by atoms with Gasteiger partial charge in [0.2, 0.25) is 0 Å². The fraction of sp³-hybridized carbons (Fsp3) is 1.00. The van der Waals surface area contributed by atoms with Crippen LogP contribution in [-0.2, 0) is 4.74 Å². The summed E-state index contributed by atoms with van der Waals surface area (Å²) in [6.45, 7) is 2.86. The lowest BCUT2D eigenvalue weighted by Gasteiger charge is -2.09. The van der Waals surface area contributed by atoms with Crippen molar-refractivity contribution in [2.45, 2.75) is 25.5 Å². The quantitative estimate of drug-likeness (QED) is 0.463. The highest BCUT2D eigenvalue weighted by molar-refractivity contribution is 7.80. The van der Waals surface area contributed by atoms with Crippen LogP contribution in [-0.4, -0.2) is 28.3 Å². The molecule has 0 aromatic rings. The van der Waals surface area contributed by atoms with Crippen LogP contribution in [0.3, 0.4) is 0 Å². The largest absolute Gasteiger partial charge is 0.383 e. The molecule has 0 bridgehead atoms. The van der Waals surface area contributed by atoms with E-state index in [9.17, 15) is 0 Å². The summed E-state index contributed by atoms with van der Waals surface area (Å²) >= 11 is 4.11. The van der Waals surface area contributed by atoms with Crippen molar-refractivity contribution >= 4 is 22.9 Å². The van der Waals surface area contributed by atoms with Gasteiger partial charge in [0.1, 0.15) is 0 Å². The normalized spacial score (nSPS) is 13.7. The van der Waals surface area contributed by atoms with Crippen LogP contribution >= 0.6 is 12.6 Å². The highest BCUT2D eigenvalue weighted by atomic mass is 32.1. The van der Waals surface area contributed by atoms with E-state index >= 15 is 0 Å². The van der Waals surface area contributed by atoms with Gasteiger partial charge in [0.05, 0.1) is 0 Å². The summed E-state index contributed by atoms with van der Waals surface area (Å²) in [6, 6.07) is 0. The number of ether oxygens (including phenoxy) is 1. The van der Waals surface area contributed by atoms with Gasteiger partial charge >= 0.3 is 0 Å². The lowest BCUT2D eigenvalue weighted by atomic mass is 10.3. The molecule has 0 aromatic carbocycles. The first-order chi connectivity index (χ1) is 4.31. The molecule has 0 aliphatic rings. The molecule has 0 aromatic heterocycles. The molecule has 1 radical (unpaired) electrons. The minimum atomic E-state index is 0.446. The van der Waals surface area contributed by atoms with Crippen LogP contribution in [0.4, 0.5) is 0 Å². The number of hydrogen-bond acceptors (Lipinski definition) is 2. The Morgan fingerprint density at radius 1 is 1.67 bits per heavy atom. The molecule has 0 aliphatic carbocycles. The van der Waals surface area contributed by atoms with E-state index in [0.29, 0.717) is 5.73 Å². The lowest BCUT2D eigenvalue weighted by Crippen LogP contribution is -2.12. The lowest BCUT2D eigenvalue weighted by molar-refractivity contribution is 0.113. The monoisotopic (exact) mass is 163 g/mol. The van der Waals surface area contributed by atoms with Crippen molar-refractivity contribution in [2.75, 3.05) is 12.4 Å².